The lowest BCUT2D eigenvalue weighted by Gasteiger charge is -2.09. The predicted molar refractivity (Wildman–Crippen MR) is 113 cm³/mol. The second-order valence-corrected chi connectivity index (χ2v) is 8.54. The van der Waals surface area contributed by atoms with Crippen LogP contribution in [0.4, 0.5) is 11.5 Å². The molecule has 0 bridgehead atoms. The van der Waals surface area contributed by atoms with Crippen LogP contribution < -0.4 is 10.0 Å². The molecule has 2 aromatic carbocycles. The zero-order chi connectivity index (χ0) is 19.8. The molecule has 0 aliphatic rings. The summed E-state index contributed by atoms with van der Waals surface area (Å²) in [4.78, 5) is 16.1. The summed E-state index contributed by atoms with van der Waals surface area (Å²) in [7, 11) is -3.73. The standard InChI is InChI=1S/C20H19N3O3S2/c24-20(15-27-14-16-6-2-1-3-7-16)22-17-9-11-18(12-10-17)28(25,26)23-19-8-4-5-13-21-19/h1-13H,14-15H2,(H,21,23)(H,22,24). The fraction of sp³-hybridized carbons (Fsp3) is 0.100. The van der Waals surface area contributed by atoms with Crippen LogP contribution in [0.1, 0.15) is 5.56 Å². The fourth-order valence-electron chi connectivity index (χ4n) is 2.37. The van der Waals surface area contributed by atoms with E-state index in [4.69, 9.17) is 0 Å². The summed E-state index contributed by atoms with van der Waals surface area (Å²) in [5.41, 5.74) is 1.71. The van der Waals surface area contributed by atoms with Gasteiger partial charge in [0.1, 0.15) is 5.82 Å². The molecule has 1 heterocycles. The van der Waals surface area contributed by atoms with E-state index in [0.717, 1.165) is 11.3 Å². The van der Waals surface area contributed by atoms with E-state index in [1.807, 2.05) is 30.3 Å². The summed E-state index contributed by atoms with van der Waals surface area (Å²) in [5.74, 6) is 1.18. The summed E-state index contributed by atoms with van der Waals surface area (Å²) in [6, 6.07) is 20.9. The molecule has 0 aliphatic heterocycles. The molecule has 0 atom stereocenters. The highest BCUT2D eigenvalue weighted by atomic mass is 32.2. The number of thioether (sulfide) groups is 1. The van der Waals surface area contributed by atoms with E-state index in [2.05, 4.69) is 15.0 Å². The Morgan fingerprint density at radius 2 is 1.64 bits per heavy atom. The molecular weight excluding hydrogens is 394 g/mol. The van der Waals surface area contributed by atoms with Crippen molar-refractivity contribution in [2.45, 2.75) is 10.6 Å². The zero-order valence-electron chi connectivity index (χ0n) is 14.9. The molecule has 0 saturated heterocycles. The topological polar surface area (TPSA) is 88.2 Å². The van der Waals surface area contributed by atoms with Gasteiger partial charge in [-0.1, -0.05) is 36.4 Å². The van der Waals surface area contributed by atoms with Crippen molar-refractivity contribution in [3.05, 3.63) is 84.6 Å². The quantitative estimate of drug-likeness (QED) is 0.587. The Balaban J connectivity index is 1.53. The normalized spacial score (nSPS) is 11.0. The number of pyridine rings is 1. The number of nitrogens with one attached hydrogen (secondary N) is 2. The van der Waals surface area contributed by atoms with Crippen molar-refractivity contribution in [3.8, 4) is 0 Å². The van der Waals surface area contributed by atoms with Crippen LogP contribution in [0.5, 0.6) is 0 Å². The van der Waals surface area contributed by atoms with Crippen LogP contribution in [0, 0.1) is 0 Å². The van der Waals surface area contributed by atoms with E-state index in [-0.39, 0.29) is 16.6 Å². The lowest BCUT2D eigenvalue weighted by atomic mass is 10.2. The summed E-state index contributed by atoms with van der Waals surface area (Å²) < 4.78 is 27.1. The van der Waals surface area contributed by atoms with Gasteiger partial charge in [-0.05, 0) is 42.0 Å². The van der Waals surface area contributed by atoms with Gasteiger partial charge >= 0.3 is 0 Å². The number of aromatic nitrogens is 1. The third-order valence-corrected chi connectivity index (χ3v) is 6.07. The molecule has 0 unspecified atom stereocenters. The molecule has 0 fully saturated rings. The average molecular weight is 414 g/mol. The second kappa shape index (κ2) is 9.38. The molecule has 1 aromatic heterocycles. The minimum atomic E-state index is -3.73. The Hall–Kier alpha value is -2.84. The SMILES string of the molecule is O=C(CSCc1ccccc1)Nc1ccc(S(=O)(=O)Nc2ccccn2)cc1. The van der Waals surface area contributed by atoms with Crippen LogP contribution in [0.15, 0.2) is 83.9 Å². The Morgan fingerprint density at radius 3 is 2.32 bits per heavy atom. The fourth-order valence-corrected chi connectivity index (χ4v) is 4.17. The van der Waals surface area contributed by atoms with Crippen LogP contribution in [-0.4, -0.2) is 25.1 Å². The van der Waals surface area contributed by atoms with E-state index in [9.17, 15) is 13.2 Å². The minimum Gasteiger partial charge on any atom is -0.325 e. The molecule has 0 saturated carbocycles. The molecule has 0 aliphatic carbocycles. The molecule has 8 heteroatoms. The molecule has 0 spiro atoms. The highest BCUT2D eigenvalue weighted by Crippen LogP contribution is 2.18. The Morgan fingerprint density at radius 1 is 0.929 bits per heavy atom. The number of anilines is 2. The highest BCUT2D eigenvalue weighted by Gasteiger charge is 2.14. The summed E-state index contributed by atoms with van der Waals surface area (Å²) in [6.07, 6.45) is 1.51. The summed E-state index contributed by atoms with van der Waals surface area (Å²) in [5, 5.41) is 2.77. The van der Waals surface area contributed by atoms with Gasteiger partial charge in [0.2, 0.25) is 5.91 Å². The monoisotopic (exact) mass is 413 g/mol. The zero-order valence-corrected chi connectivity index (χ0v) is 16.5. The predicted octanol–water partition coefficient (Wildman–Crippen LogP) is 3.75. The first kappa shape index (κ1) is 19.9. The molecular formula is C20H19N3O3S2. The molecule has 28 heavy (non-hydrogen) atoms. The number of amides is 1. The van der Waals surface area contributed by atoms with Crippen molar-refractivity contribution in [1.29, 1.82) is 0 Å². The third-order valence-electron chi connectivity index (χ3n) is 3.70. The van der Waals surface area contributed by atoms with Crippen molar-refractivity contribution in [1.82, 2.24) is 4.98 Å². The van der Waals surface area contributed by atoms with Gasteiger partial charge in [-0.15, -0.1) is 11.8 Å². The number of rotatable bonds is 8. The lowest BCUT2D eigenvalue weighted by Crippen LogP contribution is -2.15. The first-order valence-electron chi connectivity index (χ1n) is 8.48. The van der Waals surface area contributed by atoms with Crippen LogP contribution in [0.2, 0.25) is 0 Å². The number of sulfonamides is 1. The lowest BCUT2D eigenvalue weighted by molar-refractivity contribution is -0.113. The van der Waals surface area contributed by atoms with Gasteiger partial charge in [0.05, 0.1) is 10.6 Å². The van der Waals surface area contributed by atoms with Crippen LogP contribution in [0.3, 0.4) is 0 Å². The maximum atomic E-state index is 12.4. The summed E-state index contributed by atoms with van der Waals surface area (Å²) >= 11 is 1.52. The van der Waals surface area contributed by atoms with Gasteiger partial charge in [-0.3, -0.25) is 9.52 Å². The van der Waals surface area contributed by atoms with E-state index < -0.39 is 10.0 Å². The van der Waals surface area contributed by atoms with Crippen molar-refractivity contribution >= 4 is 39.2 Å². The average Bonchev–Trinajstić information content (AvgIpc) is 2.70. The maximum Gasteiger partial charge on any atom is 0.263 e. The van der Waals surface area contributed by atoms with Gasteiger partial charge < -0.3 is 5.32 Å². The number of hydrogen-bond donors (Lipinski definition) is 2. The third kappa shape index (κ3) is 5.83. The first-order valence-corrected chi connectivity index (χ1v) is 11.1. The largest absolute Gasteiger partial charge is 0.325 e. The van der Waals surface area contributed by atoms with E-state index >= 15 is 0 Å². The van der Waals surface area contributed by atoms with E-state index in [1.165, 1.54) is 30.1 Å². The van der Waals surface area contributed by atoms with Gasteiger partial charge in [-0.25, -0.2) is 13.4 Å². The smallest absolute Gasteiger partial charge is 0.263 e. The van der Waals surface area contributed by atoms with Crippen molar-refractivity contribution < 1.29 is 13.2 Å². The van der Waals surface area contributed by atoms with Gasteiger partial charge in [0.25, 0.3) is 10.0 Å². The number of carbonyl (C=O) groups excluding carboxylic acids is 1. The van der Waals surface area contributed by atoms with Crippen LogP contribution in [-0.2, 0) is 20.6 Å². The number of carbonyl (C=O) groups is 1. The molecule has 1 amide bonds. The van der Waals surface area contributed by atoms with Crippen molar-refractivity contribution in [2.24, 2.45) is 0 Å². The van der Waals surface area contributed by atoms with E-state index in [1.54, 1.807) is 30.3 Å². The number of benzene rings is 2. The van der Waals surface area contributed by atoms with Gasteiger partial charge in [0, 0.05) is 17.6 Å². The van der Waals surface area contributed by atoms with Crippen molar-refractivity contribution in [2.75, 3.05) is 15.8 Å². The molecule has 3 rings (SSSR count). The second-order valence-electron chi connectivity index (χ2n) is 5.87. The van der Waals surface area contributed by atoms with Crippen LogP contribution >= 0.6 is 11.8 Å². The molecule has 2 N–H and O–H groups in total. The summed E-state index contributed by atoms with van der Waals surface area (Å²) in [6.45, 7) is 0. The van der Waals surface area contributed by atoms with Crippen molar-refractivity contribution in [3.63, 3.8) is 0 Å². The van der Waals surface area contributed by atoms with Crippen LogP contribution in [0.25, 0.3) is 0 Å². The first-order chi connectivity index (χ1) is 13.5. The van der Waals surface area contributed by atoms with Gasteiger partial charge in [-0.2, -0.15) is 0 Å². The molecule has 6 nitrogen and oxygen atoms in total. The Kier molecular flexibility index (Phi) is 6.67. The molecule has 3 aromatic rings. The molecule has 144 valence electrons. The molecule has 0 radical (unpaired) electrons. The Bertz CT molecular complexity index is 1010. The highest BCUT2D eigenvalue weighted by molar-refractivity contribution is 7.99. The number of nitrogens with zero attached hydrogens (tertiary/aromatic N) is 1. The Labute approximate surface area is 168 Å². The minimum absolute atomic E-state index is 0.0922. The maximum absolute atomic E-state index is 12.4. The van der Waals surface area contributed by atoms with E-state index in [0.29, 0.717) is 11.4 Å². The number of hydrogen-bond acceptors (Lipinski definition) is 5. The van der Waals surface area contributed by atoms with Gasteiger partial charge in [0.15, 0.2) is 0 Å².